The van der Waals surface area contributed by atoms with Crippen LogP contribution in [0.1, 0.15) is 30.5 Å². The van der Waals surface area contributed by atoms with Crippen LogP contribution >= 0.6 is 0 Å². The van der Waals surface area contributed by atoms with Gasteiger partial charge in [-0.05, 0) is 19.4 Å². The number of likely N-dealkylation sites (tertiary alicyclic amines) is 1. The minimum Gasteiger partial charge on any atom is -0.348 e. The van der Waals surface area contributed by atoms with E-state index in [0.29, 0.717) is 12.4 Å². The number of hydrogen-bond donors (Lipinski definition) is 0. The summed E-state index contributed by atoms with van der Waals surface area (Å²) in [5.74, 6) is 1.80. The van der Waals surface area contributed by atoms with Crippen molar-refractivity contribution in [3.63, 3.8) is 0 Å². The van der Waals surface area contributed by atoms with E-state index in [2.05, 4.69) is 15.0 Å². The van der Waals surface area contributed by atoms with Gasteiger partial charge in [-0.1, -0.05) is 5.16 Å². The number of aryl methyl sites for hydroxylation is 1. The van der Waals surface area contributed by atoms with Crippen molar-refractivity contribution in [2.75, 3.05) is 33.7 Å². The average Bonchev–Trinajstić information content (AvgIpc) is 2.76. The van der Waals surface area contributed by atoms with E-state index in [0.717, 1.165) is 31.8 Å². The Morgan fingerprint density at radius 3 is 2.94 bits per heavy atom. The quantitative estimate of drug-likeness (QED) is 0.790. The zero-order valence-electron chi connectivity index (χ0n) is 11.2. The second-order valence-corrected chi connectivity index (χ2v) is 5.03. The van der Waals surface area contributed by atoms with Crippen molar-refractivity contribution in [1.29, 1.82) is 0 Å². The third kappa shape index (κ3) is 3.07. The van der Waals surface area contributed by atoms with Gasteiger partial charge >= 0.3 is 0 Å². The number of aromatic nitrogens is 2. The summed E-state index contributed by atoms with van der Waals surface area (Å²) >= 11 is 0. The molecule has 1 fully saturated rings. The third-order valence-corrected chi connectivity index (χ3v) is 3.27. The molecule has 1 aliphatic heterocycles. The van der Waals surface area contributed by atoms with E-state index < -0.39 is 0 Å². The summed E-state index contributed by atoms with van der Waals surface area (Å²) in [6.45, 7) is 4.07. The normalized spacial score (nSPS) is 20.9. The van der Waals surface area contributed by atoms with E-state index in [1.54, 1.807) is 25.9 Å². The third-order valence-electron chi connectivity index (χ3n) is 3.27. The van der Waals surface area contributed by atoms with Crippen molar-refractivity contribution >= 4 is 5.91 Å². The Kier molecular flexibility index (Phi) is 3.96. The molecule has 1 saturated heterocycles. The Labute approximate surface area is 107 Å². The van der Waals surface area contributed by atoms with Gasteiger partial charge in [0.25, 0.3) is 0 Å². The predicted octanol–water partition coefficient (Wildman–Crippen LogP) is 0.646. The first-order chi connectivity index (χ1) is 8.56. The molecule has 1 aliphatic rings. The lowest BCUT2D eigenvalue weighted by atomic mass is 9.97. The molecular weight excluding hydrogens is 232 g/mol. The van der Waals surface area contributed by atoms with Gasteiger partial charge in [-0.15, -0.1) is 0 Å². The molecule has 1 unspecified atom stereocenters. The van der Waals surface area contributed by atoms with E-state index in [9.17, 15) is 4.79 Å². The Morgan fingerprint density at radius 2 is 2.33 bits per heavy atom. The summed E-state index contributed by atoms with van der Waals surface area (Å²) in [6.07, 6.45) is 2.13. The van der Waals surface area contributed by atoms with E-state index >= 15 is 0 Å². The SMILES string of the molecule is Cc1nc(C2CCCN(CC(=O)N(C)C)C2)no1. The Morgan fingerprint density at radius 1 is 1.56 bits per heavy atom. The number of carbonyl (C=O) groups is 1. The van der Waals surface area contributed by atoms with Gasteiger partial charge in [0.05, 0.1) is 6.54 Å². The van der Waals surface area contributed by atoms with Crippen LogP contribution in [0.15, 0.2) is 4.52 Å². The van der Waals surface area contributed by atoms with Crippen molar-refractivity contribution in [1.82, 2.24) is 19.9 Å². The van der Waals surface area contributed by atoms with Crippen LogP contribution in [0.3, 0.4) is 0 Å². The number of piperidine rings is 1. The summed E-state index contributed by atoms with van der Waals surface area (Å²) in [5.41, 5.74) is 0. The van der Waals surface area contributed by atoms with Crippen LogP contribution in [-0.2, 0) is 4.79 Å². The summed E-state index contributed by atoms with van der Waals surface area (Å²) in [4.78, 5) is 19.8. The molecule has 2 rings (SSSR count). The Balaban J connectivity index is 1.94. The van der Waals surface area contributed by atoms with Crippen LogP contribution in [0.5, 0.6) is 0 Å². The largest absolute Gasteiger partial charge is 0.348 e. The first-order valence-electron chi connectivity index (χ1n) is 6.29. The molecule has 6 nitrogen and oxygen atoms in total. The van der Waals surface area contributed by atoms with Gasteiger partial charge in [0.15, 0.2) is 5.82 Å². The molecule has 1 amide bonds. The Bertz CT molecular complexity index is 416. The standard InChI is InChI=1S/C12H20N4O2/c1-9-13-12(14-18-9)10-5-4-6-16(7-10)8-11(17)15(2)3/h10H,4-8H2,1-3H3. The van der Waals surface area contributed by atoms with Crippen molar-refractivity contribution in [3.05, 3.63) is 11.7 Å². The number of nitrogens with zero attached hydrogens (tertiary/aromatic N) is 4. The molecule has 100 valence electrons. The highest BCUT2D eigenvalue weighted by molar-refractivity contribution is 5.77. The maximum atomic E-state index is 11.7. The second-order valence-electron chi connectivity index (χ2n) is 5.03. The number of amides is 1. The number of rotatable bonds is 3. The molecule has 0 radical (unpaired) electrons. The van der Waals surface area contributed by atoms with Crippen molar-refractivity contribution in [3.8, 4) is 0 Å². The van der Waals surface area contributed by atoms with Crippen LogP contribution in [0.4, 0.5) is 0 Å². The number of likely N-dealkylation sites (N-methyl/N-ethyl adjacent to an activating group) is 1. The van der Waals surface area contributed by atoms with Gasteiger partial charge in [0.1, 0.15) is 0 Å². The second kappa shape index (κ2) is 5.48. The minimum absolute atomic E-state index is 0.139. The van der Waals surface area contributed by atoms with Crippen molar-refractivity contribution in [2.24, 2.45) is 0 Å². The van der Waals surface area contributed by atoms with Crippen molar-refractivity contribution in [2.45, 2.75) is 25.7 Å². The van der Waals surface area contributed by atoms with Gasteiger partial charge in [-0.25, -0.2) is 0 Å². The molecule has 0 aliphatic carbocycles. The lowest BCUT2D eigenvalue weighted by molar-refractivity contribution is -0.130. The molecule has 0 saturated carbocycles. The lowest BCUT2D eigenvalue weighted by Gasteiger charge is -2.31. The summed E-state index contributed by atoms with van der Waals surface area (Å²) in [6, 6.07) is 0. The fourth-order valence-corrected chi connectivity index (χ4v) is 2.22. The predicted molar refractivity (Wildman–Crippen MR) is 66.1 cm³/mol. The molecule has 18 heavy (non-hydrogen) atoms. The lowest BCUT2D eigenvalue weighted by Crippen LogP contribution is -2.41. The molecule has 0 bridgehead atoms. The molecule has 2 heterocycles. The molecule has 0 spiro atoms. The molecule has 1 atom stereocenters. The topological polar surface area (TPSA) is 62.5 Å². The van der Waals surface area contributed by atoms with Crippen LogP contribution in [0, 0.1) is 6.92 Å². The van der Waals surface area contributed by atoms with Crippen LogP contribution < -0.4 is 0 Å². The fraction of sp³-hybridized carbons (Fsp3) is 0.750. The smallest absolute Gasteiger partial charge is 0.236 e. The van der Waals surface area contributed by atoms with E-state index in [-0.39, 0.29) is 11.8 Å². The van der Waals surface area contributed by atoms with Gasteiger partial charge < -0.3 is 9.42 Å². The molecule has 1 aromatic rings. The van der Waals surface area contributed by atoms with E-state index in [1.807, 2.05) is 0 Å². The van der Waals surface area contributed by atoms with Gasteiger partial charge in [-0.3, -0.25) is 9.69 Å². The highest BCUT2D eigenvalue weighted by Crippen LogP contribution is 2.24. The monoisotopic (exact) mass is 252 g/mol. The van der Waals surface area contributed by atoms with Gasteiger partial charge in [0, 0.05) is 33.5 Å². The van der Waals surface area contributed by atoms with Crippen LogP contribution in [-0.4, -0.2) is 59.6 Å². The van der Waals surface area contributed by atoms with Crippen LogP contribution in [0.25, 0.3) is 0 Å². The molecule has 1 aromatic heterocycles. The van der Waals surface area contributed by atoms with Crippen molar-refractivity contribution < 1.29 is 9.32 Å². The minimum atomic E-state index is 0.139. The Hall–Kier alpha value is -1.43. The molecule has 6 heteroatoms. The maximum absolute atomic E-state index is 11.7. The van der Waals surface area contributed by atoms with Crippen LogP contribution in [0.2, 0.25) is 0 Å². The summed E-state index contributed by atoms with van der Waals surface area (Å²) in [7, 11) is 3.57. The van der Waals surface area contributed by atoms with E-state index in [4.69, 9.17) is 4.52 Å². The average molecular weight is 252 g/mol. The van der Waals surface area contributed by atoms with E-state index in [1.165, 1.54) is 0 Å². The molecule has 0 aromatic carbocycles. The first-order valence-corrected chi connectivity index (χ1v) is 6.29. The zero-order valence-corrected chi connectivity index (χ0v) is 11.2. The highest BCUT2D eigenvalue weighted by Gasteiger charge is 2.26. The zero-order chi connectivity index (χ0) is 13.1. The highest BCUT2D eigenvalue weighted by atomic mass is 16.5. The van der Waals surface area contributed by atoms with Gasteiger partial charge in [-0.2, -0.15) is 4.98 Å². The fourth-order valence-electron chi connectivity index (χ4n) is 2.22. The summed E-state index contributed by atoms with van der Waals surface area (Å²) < 4.78 is 5.02. The van der Waals surface area contributed by atoms with Gasteiger partial charge in [0.2, 0.25) is 11.8 Å². The number of hydrogen-bond acceptors (Lipinski definition) is 5. The molecular formula is C12H20N4O2. The maximum Gasteiger partial charge on any atom is 0.236 e. The first kappa shape index (κ1) is 13.0. The number of carbonyl (C=O) groups excluding carboxylic acids is 1. The molecule has 0 N–H and O–H groups in total. The summed E-state index contributed by atoms with van der Waals surface area (Å²) in [5, 5.41) is 3.98.